The molecule has 0 aliphatic rings. The molecule has 0 atom stereocenters. The Balaban J connectivity index is 1.76. The molecule has 0 spiro atoms. The van der Waals surface area contributed by atoms with Crippen LogP contribution in [0.2, 0.25) is 0 Å². The molecule has 0 fully saturated rings. The van der Waals surface area contributed by atoms with Crippen molar-refractivity contribution in [3.8, 4) is 0 Å². The minimum atomic E-state index is -3.77. The van der Waals surface area contributed by atoms with Crippen LogP contribution in [-0.4, -0.2) is 19.5 Å². The van der Waals surface area contributed by atoms with Crippen molar-refractivity contribution >= 4 is 43.4 Å². The van der Waals surface area contributed by atoms with E-state index in [0.29, 0.717) is 11.6 Å². The van der Waals surface area contributed by atoms with E-state index in [4.69, 9.17) is 4.52 Å². The zero-order valence-electron chi connectivity index (χ0n) is 16.1. The number of rotatable bonds is 5. The fraction of sp³-hybridized carbons (Fsp3) is 0.200. The highest BCUT2D eigenvalue weighted by Gasteiger charge is 2.21. The van der Waals surface area contributed by atoms with E-state index in [1.807, 2.05) is 20.8 Å². The lowest BCUT2D eigenvalue weighted by molar-refractivity contribution is 0.102. The van der Waals surface area contributed by atoms with Crippen LogP contribution in [0.3, 0.4) is 0 Å². The quantitative estimate of drug-likeness (QED) is 0.549. The maximum absolute atomic E-state index is 12.5. The summed E-state index contributed by atoms with van der Waals surface area (Å²) >= 11 is 3.27. The first-order valence-electron chi connectivity index (χ1n) is 8.72. The highest BCUT2D eigenvalue weighted by molar-refractivity contribution is 9.10. The van der Waals surface area contributed by atoms with Crippen molar-refractivity contribution in [1.82, 2.24) is 5.16 Å². The number of carbonyl (C=O) groups is 1. The van der Waals surface area contributed by atoms with Gasteiger partial charge in [0.05, 0.1) is 4.90 Å². The Bertz CT molecular complexity index is 1130. The zero-order valence-corrected chi connectivity index (χ0v) is 18.5. The number of benzene rings is 2. The van der Waals surface area contributed by atoms with Crippen LogP contribution in [0, 0.1) is 0 Å². The van der Waals surface area contributed by atoms with Gasteiger partial charge in [-0.15, -0.1) is 0 Å². The fourth-order valence-electron chi connectivity index (χ4n) is 2.43. The van der Waals surface area contributed by atoms with Crippen molar-refractivity contribution in [2.24, 2.45) is 0 Å². The molecule has 29 heavy (non-hydrogen) atoms. The number of nitrogens with zero attached hydrogens (tertiary/aromatic N) is 1. The lowest BCUT2D eigenvalue weighted by Crippen LogP contribution is -2.15. The van der Waals surface area contributed by atoms with Gasteiger partial charge in [-0.05, 0) is 42.5 Å². The second-order valence-electron chi connectivity index (χ2n) is 7.42. The second-order valence-corrected chi connectivity index (χ2v) is 10.0. The minimum Gasteiger partial charge on any atom is -0.359 e. The number of anilines is 2. The van der Waals surface area contributed by atoms with Crippen molar-refractivity contribution in [2.45, 2.75) is 31.1 Å². The fourth-order valence-corrected chi connectivity index (χ4v) is 3.74. The molecule has 0 aliphatic carbocycles. The van der Waals surface area contributed by atoms with Gasteiger partial charge in [-0.3, -0.25) is 9.52 Å². The molecule has 0 aliphatic heterocycles. The van der Waals surface area contributed by atoms with E-state index >= 15 is 0 Å². The summed E-state index contributed by atoms with van der Waals surface area (Å²) in [5.41, 5.74) is 0.318. The van der Waals surface area contributed by atoms with Crippen LogP contribution in [0.25, 0.3) is 0 Å². The average molecular weight is 478 g/mol. The van der Waals surface area contributed by atoms with Crippen molar-refractivity contribution < 1.29 is 17.7 Å². The summed E-state index contributed by atoms with van der Waals surface area (Å²) in [5, 5.41) is 6.51. The Kier molecular flexibility index (Phi) is 5.81. The van der Waals surface area contributed by atoms with Crippen molar-refractivity contribution in [3.63, 3.8) is 0 Å². The Morgan fingerprint density at radius 3 is 2.38 bits per heavy atom. The molecule has 1 aromatic heterocycles. The van der Waals surface area contributed by atoms with Crippen molar-refractivity contribution in [3.05, 3.63) is 70.4 Å². The molecule has 3 aromatic rings. The van der Waals surface area contributed by atoms with E-state index in [9.17, 15) is 13.2 Å². The first-order valence-corrected chi connectivity index (χ1v) is 11.0. The number of hydrogen-bond donors (Lipinski definition) is 2. The number of amides is 1. The summed E-state index contributed by atoms with van der Waals surface area (Å²) < 4.78 is 33.6. The van der Waals surface area contributed by atoms with Crippen LogP contribution in [0.4, 0.5) is 11.5 Å². The van der Waals surface area contributed by atoms with Gasteiger partial charge in [-0.2, -0.15) is 0 Å². The van der Waals surface area contributed by atoms with E-state index in [0.717, 1.165) is 4.47 Å². The molecular formula is C20H20BrN3O4S. The predicted octanol–water partition coefficient (Wildman–Crippen LogP) is 4.79. The lowest BCUT2D eigenvalue weighted by Gasteiger charge is -2.12. The molecule has 0 bridgehead atoms. The molecule has 1 heterocycles. The lowest BCUT2D eigenvalue weighted by atomic mass is 9.93. The Labute approximate surface area is 177 Å². The van der Waals surface area contributed by atoms with Gasteiger partial charge in [-0.25, -0.2) is 8.42 Å². The topological polar surface area (TPSA) is 101 Å². The van der Waals surface area contributed by atoms with Gasteiger partial charge in [0.15, 0.2) is 5.82 Å². The molecule has 2 aromatic carbocycles. The smallest absolute Gasteiger partial charge is 0.261 e. The standard InChI is InChI=1S/C20H20BrN3O4S/c1-20(2,3)17-12-18(23-28-17)22-19(25)13-5-4-6-15(11-13)24-29(26,27)16-9-7-14(21)8-10-16/h4-12,24H,1-3H3,(H,22,23,25). The highest BCUT2D eigenvalue weighted by Crippen LogP contribution is 2.25. The monoisotopic (exact) mass is 477 g/mol. The van der Waals surface area contributed by atoms with Crippen LogP contribution in [0.1, 0.15) is 36.9 Å². The van der Waals surface area contributed by atoms with Gasteiger partial charge in [-0.1, -0.05) is 47.9 Å². The van der Waals surface area contributed by atoms with E-state index in [-0.39, 0.29) is 21.6 Å². The SMILES string of the molecule is CC(C)(C)c1cc(NC(=O)c2cccc(NS(=O)(=O)c3ccc(Br)cc3)c2)no1. The maximum Gasteiger partial charge on any atom is 0.261 e. The molecule has 2 N–H and O–H groups in total. The predicted molar refractivity (Wildman–Crippen MR) is 115 cm³/mol. The van der Waals surface area contributed by atoms with E-state index in [1.165, 1.54) is 18.2 Å². The Morgan fingerprint density at radius 2 is 1.76 bits per heavy atom. The van der Waals surface area contributed by atoms with Crippen molar-refractivity contribution in [1.29, 1.82) is 0 Å². The van der Waals surface area contributed by atoms with E-state index in [2.05, 4.69) is 31.1 Å². The second kappa shape index (κ2) is 8.00. The Morgan fingerprint density at radius 1 is 1.07 bits per heavy atom. The van der Waals surface area contributed by atoms with Crippen LogP contribution in [0.5, 0.6) is 0 Å². The van der Waals surface area contributed by atoms with E-state index < -0.39 is 15.9 Å². The number of nitrogens with one attached hydrogen (secondary N) is 2. The summed E-state index contributed by atoms with van der Waals surface area (Å²) in [6.45, 7) is 5.92. The third-order valence-electron chi connectivity index (χ3n) is 3.99. The number of aromatic nitrogens is 1. The first-order chi connectivity index (χ1) is 13.5. The number of sulfonamides is 1. The molecule has 0 radical (unpaired) electrons. The average Bonchev–Trinajstić information content (AvgIpc) is 3.11. The highest BCUT2D eigenvalue weighted by atomic mass is 79.9. The molecule has 152 valence electrons. The van der Waals surface area contributed by atoms with Gasteiger partial charge in [0.25, 0.3) is 15.9 Å². The summed E-state index contributed by atoms with van der Waals surface area (Å²) in [4.78, 5) is 12.6. The third kappa shape index (κ3) is 5.24. The summed E-state index contributed by atoms with van der Waals surface area (Å²) in [5.74, 6) is 0.507. The van der Waals surface area contributed by atoms with Gasteiger partial charge in [0.2, 0.25) is 0 Å². The van der Waals surface area contributed by atoms with Gasteiger partial charge >= 0.3 is 0 Å². The van der Waals surface area contributed by atoms with Gasteiger partial charge < -0.3 is 9.84 Å². The van der Waals surface area contributed by atoms with Crippen molar-refractivity contribution in [2.75, 3.05) is 10.0 Å². The van der Waals surface area contributed by atoms with Gasteiger partial charge in [0.1, 0.15) is 5.76 Å². The van der Waals surface area contributed by atoms with Crippen LogP contribution in [0.15, 0.2) is 68.5 Å². The minimum absolute atomic E-state index is 0.118. The molecule has 0 unspecified atom stereocenters. The maximum atomic E-state index is 12.5. The Hall–Kier alpha value is -2.65. The number of hydrogen-bond acceptors (Lipinski definition) is 5. The van der Waals surface area contributed by atoms with E-state index in [1.54, 1.807) is 36.4 Å². The van der Waals surface area contributed by atoms with Gasteiger partial charge in [0, 0.05) is 27.2 Å². The normalized spacial score (nSPS) is 11.9. The molecule has 0 saturated carbocycles. The van der Waals surface area contributed by atoms with Crippen LogP contribution in [-0.2, 0) is 15.4 Å². The number of halogens is 1. The first kappa shape index (κ1) is 21.1. The number of carbonyl (C=O) groups excluding carboxylic acids is 1. The largest absolute Gasteiger partial charge is 0.359 e. The van der Waals surface area contributed by atoms with Crippen LogP contribution < -0.4 is 10.0 Å². The van der Waals surface area contributed by atoms with Crippen LogP contribution >= 0.6 is 15.9 Å². The molecule has 3 rings (SSSR count). The summed E-state index contributed by atoms with van der Waals surface area (Å²) in [7, 11) is -3.77. The molecule has 0 saturated heterocycles. The zero-order chi connectivity index (χ0) is 21.2. The molecule has 9 heteroatoms. The molecule has 7 nitrogen and oxygen atoms in total. The third-order valence-corrected chi connectivity index (χ3v) is 5.92. The molecule has 1 amide bonds. The summed E-state index contributed by atoms with van der Waals surface area (Å²) in [6, 6.07) is 14.1. The molecular weight excluding hydrogens is 458 g/mol. The summed E-state index contributed by atoms with van der Waals surface area (Å²) in [6.07, 6.45) is 0.